The number of benzene rings is 1. The second-order valence-corrected chi connectivity index (χ2v) is 3.13. The molecule has 0 aliphatic carbocycles. The fraction of sp³-hybridized carbons (Fsp3) is 0.333. The Morgan fingerprint density at radius 1 is 1.46 bits per heavy atom. The summed E-state index contributed by atoms with van der Waals surface area (Å²) in [6, 6.07) is 2.87. The highest BCUT2D eigenvalue weighted by Gasteiger charge is 2.11. The largest absolute Gasteiger partial charge is 0.507 e. The zero-order valence-corrected chi connectivity index (χ0v) is 8.17. The summed E-state index contributed by atoms with van der Waals surface area (Å²) in [5.41, 5.74) is 0.394. The highest BCUT2D eigenvalue weighted by atomic mass is 35.5. The van der Waals surface area contributed by atoms with Crippen LogP contribution in [0.15, 0.2) is 12.1 Å². The van der Waals surface area contributed by atoms with Crippen LogP contribution in [0, 0.1) is 0 Å². The molecule has 0 amide bonds. The molecule has 0 aliphatic heterocycles. The Morgan fingerprint density at radius 3 is 2.54 bits per heavy atom. The van der Waals surface area contributed by atoms with Gasteiger partial charge in [0.25, 0.3) is 0 Å². The lowest BCUT2D eigenvalue weighted by atomic mass is 10.1. The van der Waals surface area contributed by atoms with E-state index in [4.69, 9.17) is 16.3 Å². The maximum atomic E-state index is 9.42. The molecule has 0 aromatic heterocycles. The third-order valence-corrected chi connectivity index (χ3v) is 2.05. The number of aromatic hydroxyl groups is 1. The first-order valence-electron chi connectivity index (χ1n) is 3.80. The number of hydrogen-bond acceptors (Lipinski definition) is 3. The molecule has 0 fully saturated rings. The van der Waals surface area contributed by atoms with E-state index in [1.54, 1.807) is 6.92 Å². The number of phenols is 1. The Kier molecular flexibility index (Phi) is 3.01. The van der Waals surface area contributed by atoms with Gasteiger partial charge in [-0.15, -0.1) is 0 Å². The molecule has 0 saturated heterocycles. The zero-order valence-electron chi connectivity index (χ0n) is 7.41. The summed E-state index contributed by atoms with van der Waals surface area (Å²) in [4.78, 5) is 0. The molecule has 1 atom stereocenters. The summed E-state index contributed by atoms with van der Waals surface area (Å²) < 4.78 is 4.89. The van der Waals surface area contributed by atoms with E-state index in [9.17, 15) is 10.2 Å². The molecular weight excluding hydrogens is 192 g/mol. The molecule has 1 rings (SSSR count). The maximum absolute atomic E-state index is 9.42. The molecule has 1 aromatic carbocycles. The zero-order chi connectivity index (χ0) is 10.0. The maximum Gasteiger partial charge on any atom is 0.141 e. The lowest BCUT2D eigenvalue weighted by molar-refractivity contribution is 0.195. The van der Waals surface area contributed by atoms with Gasteiger partial charge in [-0.3, -0.25) is 0 Å². The molecule has 1 unspecified atom stereocenters. The Balaban J connectivity index is 3.20. The van der Waals surface area contributed by atoms with Gasteiger partial charge < -0.3 is 14.9 Å². The number of aliphatic hydroxyl groups is 1. The molecule has 0 radical (unpaired) electrons. The molecule has 0 saturated carbocycles. The monoisotopic (exact) mass is 202 g/mol. The number of halogens is 1. The van der Waals surface area contributed by atoms with E-state index < -0.39 is 6.10 Å². The summed E-state index contributed by atoms with van der Waals surface area (Å²) >= 11 is 5.80. The molecule has 2 N–H and O–H groups in total. The van der Waals surface area contributed by atoms with Gasteiger partial charge in [0.05, 0.1) is 18.2 Å². The molecule has 0 aliphatic rings. The summed E-state index contributed by atoms with van der Waals surface area (Å²) in [5, 5.41) is 19.0. The second-order valence-electron chi connectivity index (χ2n) is 2.72. The van der Waals surface area contributed by atoms with Gasteiger partial charge in [-0.2, -0.15) is 0 Å². The Labute approximate surface area is 81.5 Å². The van der Waals surface area contributed by atoms with Crippen molar-refractivity contribution in [3.8, 4) is 11.5 Å². The Bertz CT molecular complexity index is 310. The van der Waals surface area contributed by atoms with Gasteiger partial charge >= 0.3 is 0 Å². The predicted molar refractivity (Wildman–Crippen MR) is 50.3 cm³/mol. The average Bonchev–Trinajstić information content (AvgIpc) is 2.07. The minimum atomic E-state index is -0.747. The number of hydrogen-bond donors (Lipinski definition) is 2. The van der Waals surface area contributed by atoms with Crippen LogP contribution in [0.5, 0.6) is 11.5 Å². The predicted octanol–water partition coefficient (Wildman–Crippen LogP) is 2.11. The van der Waals surface area contributed by atoms with Gasteiger partial charge in [0, 0.05) is 11.6 Å². The number of aliphatic hydroxyl groups excluding tert-OH is 1. The normalized spacial score (nSPS) is 12.6. The molecule has 13 heavy (non-hydrogen) atoms. The smallest absolute Gasteiger partial charge is 0.141 e. The fourth-order valence-corrected chi connectivity index (χ4v) is 1.30. The highest BCUT2D eigenvalue weighted by Crippen LogP contribution is 2.34. The van der Waals surface area contributed by atoms with Crippen molar-refractivity contribution in [2.75, 3.05) is 7.11 Å². The van der Waals surface area contributed by atoms with Crippen LogP contribution in [-0.2, 0) is 0 Å². The van der Waals surface area contributed by atoms with Crippen LogP contribution in [0.1, 0.15) is 18.6 Å². The third kappa shape index (κ3) is 2.05. The van der Waals surface area contributed by atoms with Crippen molar-refractivity contribution in [3.05, 3.63) is 22.7 Å². The second kappa shape index (κ2) is 3.85. The molecule has 0 heterocycles. The third-order valence-electron chi connectivity index (χ3n) is 1.75. The van der Waals surface area contributed by atoms with Gasteiger partial charge in [0.15, 0.2) is 0 Å². The van der Waals surface area contributed by atoms with Gasteiger partial charge in [0.1, 0.15) is 11.5 Å². The SMILES string of the molecule is COc1cc(O)c(C(C)O)cc1Cl. The van der Waals surface area contributed by atoms with E-state index >= 15 is 0 Å². The molecule has 0 bridgehead atoms. The first-order chi connectivity index (χ1) is 6.06. The minimum Gasteiger partial charge on any atom is -0.507 e. The highest BCUT2D eigenvalue weighted by molar-refractivity contribution is 6.32. The van der Waals surface area contributed by atoms with Gasteiger partial charge in [-0.1, -0.05) is 11.6 Å². The quantitative estimate of drug-likeness (QED) is 0.772. The van der Waals surface area contributed by atoms with Crippen LogP contribution < -0.4 is 4.74 Å². The van der Waals surface area contributed by atoms with E-state index in [0.29, 0.717) is 16.3 Å². The van der Waals surface area contributed by atoms with Crippen molar-refractivity contribution in [1.29, 1.82) is 0 Å². The fourth-order valence-electron chi connectivity index (χ4n) is 1.05. The first kappa shape index (κ1) is 10.2. The molecule has 1 aromatic rings. The van der Waals surface area contributed by atoms with Crippen molar-refractivity contribution in [3.63, 3.8) is 0 Å². The van der Waals surface area contributed by atoms with Crippen LogP contribution >= 0.6 is 11.6 Å². The van der Waals surface area contributed by atoms with Crippen LogP contribution in [0.25, 0.3) is 0 Å². The van der Waals surface area contributed by atoms with Crippen molar-refractivity contribution in [1.82, 2.24) is 0 Å². The molecule has 0 spiro atoms. The van der Waals surface area contributed by atoms with Gasteiger partial charge in [-0.05, 0) is 13.0 Å². The standard InChI is InChI=1S/C9H11ClO3/c1-5(11)6-3-7(10)9(13-2)4-8(6)12/h3-5,11-12H,1-2H3. The molecule has 3 nitrogen and oxygen atoms in total. The van der Waals surface area contributed by atoms with Crippen molar-refractivity contribution in [2.24, 2.45) is 0 Å². The first-order valence-corrected chi connectivity index (χ1v) is 4.18. The number of methoxy groups -OCH3 is 1. The summed E-state index contributed by atoms with van der Waals surface area (Å²) in [7, 11) is 1.46. The molecule has 4 heteroatoms. The van der Waals surface area contributed by atoms with Crippen LogP contribution in [0.3, 0.4) is 0 Å². The lowest BCUT2D eigenvalue weighted by Crippen LogP contribution is -1.93. The summed E-state index contributed by atoms with van der Waals surface area (Å²) in [6.07, 6.45) is -0.747. The average molecular weight is 203 g/mol. The van der Waals surface area contributed by atoms with Crippen LogP contribution in [0.4, 0.5) is 0 Å². The molecule has 72 valence electrons. The van der Waals surface area contributed by atoms with Crippen molar-refractivity contribution >= 4 is 11.6 Å². The Hall–Kier alpha value is -0.930. The van der Waals surface area contributed by atoms with E-state index in [0.717, 1.165) is 0 Å². The van der Waals surface area contributed by atoms with Crippen molar-refractivity contribution < 1.29 is 14.9 Å². The van der Waals surface area contributed by atoms with E-state index in [2.05, 4.69) is 0 Å². The number of ether oxygens (including phenoxy) is 1. The van der Waals surface area contributed by atoms with Gasteiger partial charge in [0.2, 0.25) is 0 Å². The summed E-state index contributed by atoms with van der Waals surface area (Å²) in [6.45, 7) is 1.55. The van der Waals surface area contributed by atoms with E-state index in [-0.39, 0.29) is 5.75 Å². The van der Waals surface area contributed by atoms with Crippen LogP contribution in [-0.4, -0.2) is 17.3 Å². The molecular formula is C9H11ClO3. The Morgan fingerprint density at radius 2 is 2.08 bits per heavy atom. The summed E-state index contributed by atoms with van der Waals surface area (Å²) in [5.74, 6) is 0.375. The number of rotatable bonds is 2. The number of phenolic OH excluding ortho intramolecular Hbond substituents is 1. The van der Waals surface area contributed by atoms with Gasteiger partial charge in [-0.25, -0.2) is 0 Å². The lowest BCUT2D eigenvalue weighted by Gasteiger charge is -2.10. The van der Waals surface area contributed by atoms with Crippen LogP contribution in [0.2, 0.25) is 5.02 Å². The van der Waals surface area contributed by atoms with Crippen molar-refractivity contribution in [2.45, 2.75) is 13.0 Å². The minimum absolute atomic E-state index is 0.0174. The van der Waals surface area contributed by atoms with E-state index in [1.807, 2.05) is 0 Å². The van der Waals surface area contributed by atoms with E-state index in [1.165, 1.54) is 19.2 Å². The topological polar surface area (TPSA) is 49.7 Å².